The number of hydrogen-bond acceptors (Lipinski definition) is 5. The molecule has 20 heavy (non-hydrogen) atoms. The van der Waals surface area contributed by atoms with Gasteiger partial charge in [0.2, 0.25) is 5.95 Å². The molecule has 0 aromatic carbocycles. The fourth-order valence-corrected chi connectivity index (χ4v) is 4.84. The molecule has 0 saturated heterocycles. The van der Waals surface area contributed by atoms with Crippen LogP contribution in [0.1, 0.15) is 37.5 Å². The van der Waals surface area contributed by atoms with Gasteiger partial charge in [0.1, 0.15) is 10.6 Å². The van der Waals surface area contributed by atoms with E-state index in [1.807, 2.05) is 0 Å². The highest BCUT2D eigenvalue weighted by Gasteiger charge is 2.39. The van der Waals surface area contributed by atoms with Gasteiger partial charge in [0.05, 0.1) is 5.39 Å². The molecule has 2 aromatic heterocycles. The Balaban J connectivity index is 1.69. The lowest BCUT2D eigenvalue weighted by atomic mass is 9.95. The third kappa shape index (κ3) is 1.95. The highest BCUT2D eigenvalue weighted by Crippen LogP contribution is 2.46. The van der Waals surface area contributed by atoms with Crippen LogP contribution < -0.4 is 11.1 Å². The number of hydrogen-bond donors (Lipinski definition) is 2. The Morgan fingerprint density at radius 3 is 2.95 bits per heavy atom. The smallest absolute Gasteiger partial charge is 0.223 e. The van der Waals surface area contributed by atoms with Crippen molar-refractivity contribution in [3.63, 3.8) is 0 Å². The summed E-state index contributed by atoms with van der Waals surface area (Å²) in [5, 5.41) is 4.81. The van der Waals surface area contributed by atoms with Crippen LogP contribution in [0.2, 0.25) is 0 Å². The molecule has 2 aliphatic carbocycles. The molecule has 4 rings (SSSR count). The van der Waals surface area contributed by atoms with E-state index in [-0.39, 0.29) is 0 Å². The zero-order valence-electron chi connectivity index (χ0n) is 11.7. The Kier molecular flexibility index (Phi) is 2.84. The molecule has 0 radical (unpaired) electrons. The lowest BCUT2D eigenvalue weighted by Gasteiger charge is -2.23. The number of nitrogens with zero attached hydrogens (tertiary/aromatic N) is 2. The van der Waals surface area contributed by atoms with Crippen molar-refractivity contribution in [2.45, 2.75) is 45.1 Å². The largest absolute Gasteiger partial charge is 0.368 e. The summed E-state index contributed by atoms with van der Waals surface area (Å²) >= 11 is 1.73. The molecule has 2 heterocycles. The maximum absolute atomic E-state index is 5.87. The van der Waals surface area contributed by atoms with E-state index in [0.29, 0.717) is 12.0 Å². The second-order valence-electron chi connectivity index (χ2n) is 6.14. The van der Waals surface area contributed by atoms with Crippen molar-refractivity contribution in [1.29, 1.82) is 0 Å². The fourth-order valence-electron chi connectivity index (χ4n) is 3.87. The van der Waals surface area contributed by atoms with E-state index >= 15 is 0 Å². The van der Waals surface area contributed by atoms with Gasteiger partial charge in [-0.2, -0.15) is 4.98 Å². The predicted octanol–water partition coefficient (Wildman–Crippen LogP) is 3.44. The highest BCUT2D eigenvalue weighted by molar-refractivity contribution is 7.18. The van der Waals surface area contributed by atoms with Gasteiger partial charge < -0.3 is 11.1 Å². The molecular weight excluding hydrogens is 268 g/mol. The first-order valence-electron chi connectivity index (χ1n) is 7.55. The maximum atomic E-state index is 5.87. The Morgan fingerprint density at radius 2 is 2.25 bits per heavy atom. The summed E-state index contributed by atoms with van der Waals surface area (Å²) in [6.07, 6.45) is 6.51. The number of fused-ring (bicyclic) bond motifs is 3. The van der Waals surface area contributed by atoms with Crippen LogP contribution in [0.15, 0.2) is 6.07 Å². The first-order valence-corrected chi connectivity index (χ1v) is 8.37. The number of aryl methyl sites for hydroxylation is 1. The summed E-state index contributed by atoms with van der Waals surface area (Å²) < 4.78 is 0. The number of nitrogens with two attached hydrogens (primary N) is 1. The number of nitrogen functional groups attached to an aromatic ring is 1. The summed E-state index contributed by atoms with van der Waals surface area (Å²) in [7, 11) is 0. The van der Waals surface area contributed by atoms with Gasteiger partial charge in [-0.3, -0.25) is 0 Å². The summed E-state index contributed by atoms with van der Waals surface area (Å²) in [5.41, 5.74) is 5.87. The molecule has 3 unspecified atom stereocenters. The van der Waals surface area contributed by atoms with Crippen molar-refractivity contribution < 1.29 is 0 Å². The van der Waals surface area contributed by atoms with Gasteiger partial charge in [-0.1, -0.05) is 13.3 Å². The minimum Gasteiger partial charge on any atom is -0.368 e. The van der Waals surface area contributed by atoms with Crippen molar-refractivity contribution >= 4 is 33.3 Å². The molecular formula is C15H20N4S. The summed E-state index contributed by atoms with van der Waals surface area (Å²) in [5.74, 6) is 3.09. The van der Waals surface area contributed by atoms with Gasteiger partial charge in [-0.25, -0.2) is 4.98 Å². The van der Waals surface area contributed by atoms with Gasteiger partial charge >= 0.3 is 0 Å². The van der Waals surface area contributed by atoms with Crippen molar-refractivity contribution in [3.8, 4) is 0 Å². The van der Waals surface area contributed by atoms with Crippen LogP contribution in [0, 0.1) is 11.8 Å². The van der Waals surface area contributed by atoms with E-state index in [2.05, 4.69) is 28.3 Å². The first kappa shape index (κ1) is 12.4. The van der Waals surface area contributed by atoms with Crippen LogP contribution >= 0.6 is 11.3 Å². The molecule has 2 aliphatic rings. The van der Waals surface area contributed by atoms with E-state index in [0.717, 1.165) is 34.3 Å². The van der Waals surface area contributed by atoms with Crippen molar-refractivity contribution in [2.75, 3.05) is 11.1 Å². The molecule has 106 valence electrons. The summed E-state index contributed by atoms with van der Waals surface area (Å²) in [6, 6.07) is 2.80. The lowest BCUT2D eigenvalue weighted by molar-refractivity contribution is 0.439. The van der Waals surface area contributed by atoms with E-state index in [1.165, 1.54) is 30.6 Å². The van der Waals surface area contributed by atoms with Crippen molar-refractivity contribution in [1.82, 2.24) is 9.97 Å². The van der Waals surface area contributed by atoms with Gasteiger partial charge in [-0.05, 0) is 43.6 Å². The van der Waals surface area contributed by atoms with Crippen LogP contribution in [-0.2, 0) is 6.42 Å². The molecule has 5 heteroatoms. The average Bonchev–Trinajstić information content (AvgIpc) is 3.11. The minimum atomic E-state index is 0.382. The van der Waals surface area contributed by atoms with Crippen molar-refractivity contribution in [3.05, 3.63) is 10.9 Å². The maximum Gasteiger partial charge on any atom is 0.223 e. The van der Waals surface area contributed by atoms with Crippen LogP contribution in [0.25, 0.3) is 10.2 Å². The molecule has 0 spiro atoms. The number of nitrogens with one attached hydrogen (secondary N) is 1. The number of anilines is 2. The Hall–Kier alpha value is -1.36. The molecule has 2 bridgehead atoms. The standard InChI is InChI=1S/C15H20N4S/c1-2-10-7-11-13(18-15(16)19-14(11)20-10)17-12-6-8-3-4-9(12)5-8/h7-9,12H,2-6H2,1H3,(H3,16,17,18,19). The van der Waals surface area contributed by atoms with E-state index in [1.54, 1.807) is 11.3 Å². The van der Waals surface area contributed by atoms with E-state index in [9.17, 15) is 0 Å². The second-order valence-corrected chi connectivity index (χ2v) is 7.26. The predicted molar refractivity (Wildman–Crippen MR) is 84.1 cm³/mol. The van der Waals surface area contributed by atoms with Crippen LogP contribution in [0.3, 0.4) is 0 Å². The van der Waals surface area contributed by atoms with Gasteiger partial charge in [-0.15, -0.1) is 11.3 Å². The zero-order valence-corrected chi connectivity index (χ0v) is 12.5. The average molecular weight is 288 g/mol. The lowest BCUT2D eigenvalue weighted by Crippen LogP contribution is -2.26. The number of rotatable bonds is 3. The molecule has 3 N–H and O–H groups in total. The van der Waals surface area contributed by atoms with Gasteiger partial charge in [0.25, 0.3) is 0 Å². The monoisotopic (exact) mass is 288 g/mol. The van der Waals surface area contributed by atoms with E-state index < -0.39 is 0 Å². The summed E-state index contributed by atoms with van der Waals surface area (Å²) in [4.78, 5) is 11.2. The second kappa shape index (κ2) is 4.58. The Bertz CT molecular complexity index is 651. The Labute approximate surface area is 122 Å². The van der Waals surface area contributed by atoms with Crippen LogP contribution in [-0.4, -0.2) is 16.0 Å². The third-order valence-corrected chi connectivity index (χ3v) is 6.04. The topological polar surface area (TPSA) is 63.8 Å². The molecule has 2 fully saturated rings. The molecule has 2 saturated carbocycles. The first-order chi connectivity index (χ1) is 9.72. The van der Waals surface area contributed by atoms with Gasteiger partial charge in [0.15, 0.2) is 0 Å². The molecule has 0 aliphatic heterocycles. The highest BCUT2D eigenvalue weighted by atomic mass is 32.1. The molecule has 0 amide bonds. The SMILES string of the molecule is CCc1cc2c(NC3CC4CCC3C4)nc(N)nc2s1. The van der Waals surface area contributed by atoms with Crippen molar-refractivity contribution in [2.24, 2.45) is 11.8 Å². The normalized spacial score (nSPS) is 28.4. The quantitative estimate of drug-likeness (QED) is 0.908. The van der Waals surface area contributed by atoms with Gasteiger partial charge in [0, 0.05) is 10.9 Å². The zero-order chi connectivity index (χ0) is 13.7. The van der Waals surface area contributed by atoms with Crippen LogP contribution in [0.4, 0.5) is 11.8 Å². The molecule has 2 aromatic rings. The molecule has 3 atom stereocenters. The van der Waals surface area contributed by atoms with Crippen LogP contribution in [0.5, 0.6) is 0 Å². The number of aromatic nitrogens is 2. The minimum absolute atomic E-state index is 0.382. The Morgan fingerprint density at radius 1 is 1.35 bits per heavy atom. The third-order valence-electron chi connectivity index (χ3n) is 4.87. The fraction of sp³-hybridized carbons (Fsp3) is 0.600. The number of thiophene rings is 1. The molecule has 4 nitrogen and oxygen atoms in total. The summed E-state index contributed by atoms with van der Waals surface area (Å²) in [6.45, 7) is 2.17. The van der Waals surface area contributed by atoms with E-state index in [4.69, 9.17) is 5.73 Å².